The van der Waals surface area contributed by atoms with Gasteiger partial charge in [-0.1, -0.05) is 36.4 Å². The summed E-state index contributed by atoms with van der Waals surface area (Å²) < 4.78 is 5.28. The maximum absolute atomic E-state index is 13.4. The topological polar surface area (TPSA) is 82.2 Å². The summed E-state index contributed by atoms with van der Waals surface area (Å²) in [6.45, 7) is 3.91. The Labute approximate surface area is 204 Å². The summed E-state index contributed by atoms with van der Waals surface area (Å²) in [4.78, 5) is 44.1. The molecule has 0 spiro atoms. The number of carbonyl (C=O) groups excluding carboxylic acids is 3. The normalized spacial score (nSPS) is 20.3. The molecule has 1 N–H and O–H groups in total. The Balaban J connectivity index is 1.27. The smallest absolute Gasteiger partial charge is 0.325 e. The van der Waals surface area contributed by atoms with Crippen LogP contribution in [-0.2, 0) is 15.1 Å². The second-order valence-electron chi connectivity index (χ2n) is 9.08. The van der Waals surface area contributed by atoms with Gasteiger partial charge in [-0.25, -0.2) is 4.79 Å². The number of amides is 4. The van der Waals surface area contributed by atoms with E-state index in [4.69, 9.17) is 4.74 Å². The van der Waals surface area contributed by atoms with Gasteiger partial charge >= 0.3 is 6.03 Å². The Kier molecular flexibility index (Phi) is 5.80. The van der Waals surface area contributed by atoms with Gasteiger partial charge in [0.05, 0.1) is 7.11 Å². The summed E-state index contributed by atoms with van der Waals surface area (Å²) >= 11 is 0. The number of benzene rings is 3. The third-order valence-electron chi connectivity index (χ3n) is 6.95. The molecule has 180 valence electrons. The average Bonchev–Trinajstić information content (AvgIpc) is 3.12. The maximum Gasteiger partial charge on any atom is 0.325 e. The first-order valence-corrected chi connectivity index (χ1v) is 11.7. The third-order valence-corrected chi connectivity index (χ3v) is 6.95. The fourth-order valence-electron chi connectivity index (χ4n) is 4.79. The molecule has 1 atom stereocenters. The minimum atomic E-state index is -1.24. The highest BCUT2D eigenvalue weighted by atomic mass is 16.5. The van der Waals surface area contributed by atoms with E-state index in [0.717, 1.165) is 27.1 Å². The van der Waals surface area contributed by atoms with Gasteiger partial charge in [-0.2, -0.15) is 0 Å². The molecule has 0 unspecified atom stereocenters. The summed E-state index contributed by atoms with van der Waals surface area (Å²) in [6, 6.07) is 20.8. The number of ether oxygens (including phenoxy) is 1. The van der Waals surface area contributed by atoms with Crippen LogP contribution in [0.1, 0.15) is 12.5 Å². The summed E-state index contributed by atoms with van der Waals surface area (Å²) in [5, 5.41) is 4.70. The van der Waals surface area contributed by atoms with Crippen LogP contribution in [0.25, 0.3) is 10.8 Å². The number of piperazine rings is 1. The highest BCUT2D eigenvalue weighted by Crippen LogP contribution is 2.32. The number of fused-ring (bicyclic) bond motifs is 1. The van der Waals surface area contributed by atoms with Crippen molar-refractivity contribution in [1.29, 1.82) is 0 Å². The lowest BCUT2D eigenvalue weighted by atomic mass is 9.90. The number of nitrogens with zero attached hydrogens (tertiary/aromatic N) is 3. The molecule has 2 heterocycles. The van der Waals surface area contributed by atoms with E-state index in [1.807, 2.05) is 54.6 Å². The van der Waals surface area contributed by atoms with E-state index in [-0.39, 0.29) is 12.5 Å². The van der Waals surface area contributed by atoms with Crippen LogP contribution in [-0.4, -0.2) is 67.5 Å². The Hall–Kier alpha value is -4.07. The summed E-state index contributed by atoms with van der Waals surface area (Å²) in [5.41, 5.74) is 0.551. The zero-order valence-corrected chi connectivity index (χ0v) is 19.9. The third kappa shape index (κ3) is 4.16. The molecule has 35 heavy (non-hydrogen) atoms. The lowest BCUT2D eigenvalue weighted by Gasteiger charge is -2.36. The van der Waals surface area contributed by atoms with E-state index in [2.05, 4.69) is 22.3 Å². The molecule has 8 nitrogen and oxygen atoms in total. The van der Waals surface area contributed by atoms with Crippen LogP contribution >= 0.6 is 0 Å². The highest BCUT2D eigenvalue weighted by Gasteiger charge is 2.49. The minimum absolute atomic E-state index is 0.226. The van der Waals surface area contributed by atoms with Gasteiger partial charge in [-0.15, -0.1) is 0 Å². The molecule has 3 aromatic rings. The Bertz CT molecular complexity index is 1290. The van der Waals surface area contributed by atoms with Gasteiger partial charge in [0.2, 0.25) is 5.91 Å². The molecule has 0 bridgehead atoms. The first kappa shape index (κ1) is 22.7. The lowest BCUT2D eigenvalue weighted by Crippen LogP contribution is -2.52. The monoisotopic (exact) mass is 472 g/mol. The largest absolute Gasteiger partial charge is 0.497 e. The van der Waals surface area contributed by atoms with Crippen molar-refractivity contribution in [2.75, 3.05) is 44.7 Å². The van der Waals surface area contributed by atoms with E-state index >= 15 is 0 Å². The molecule has 0 radical (unpaired) electrons. The number of carbonyl (C=O) groups is 3. The Morgan fingerprint density at radius 1 is 0.943 bits per heavy atom. The lowest BCUT2D eigenvalue weighted by molar-refractivity contribution is -0.139. The second kappa shape index (κ2) is 8.94. The van der Waals surface area contributed by atoms with Gasteiger partial charge in [0.15, 0.2) is 0 Å². The number of urea groups is 1. The van der Waals surface area contributed by atoms with Crippen LogP contribution < -0.4 is 15.0 Å². The quantitative estimate of drug-likeness (QED) is 0.578. The van der Waals surface area contributed by atoms with Crippen molar-refractivity contribution >= 4 is 34.3 Å². The predicted molar refractivity (Wildman–Crippen MR) is 133 cm³/mol. The number of rotatable bonds is 5. The fourth-order valence-corrected chi connectivity index (χ4v) is 4.79. The van der Waals surface area contributed by atoms with Crippen LogP contribution in [0.3, 0.4) is 0 Å². The van der Waals surface area contributed by atoms with Crippen molar-refractivity contribution in [3.05, 3.63) is 72.3 Å². The summed E-state index contributed by atoms with van der Waals surface area (Å²) in [7, 11) is 1.61. The standard InChI is InChI=1S/C27H28N4O4/c1-27(21-10-8-20-17-23(35-2)11-9-19(20)16-21)25(33)31(26(34)28-27)18-24(32)30-14-12-29(13-15-30)22-6-4-3-5-7-22/h3-11,16-17H,12-15,18H2,1-2H3,(H,28,34)/t27-/m1/s1. The summed E-state index contributed by atoms with van der Waals surface area (Å²) in [5.74, 6) is 0.0960. The summed E-state index contributed by atoms with van der Waals surface area (Å²) in [6.07, 6.45) is 0. The zero-order valence-electron chi connectivity index (χ0n) is 19.9. The molecule has 2 aliphatic heterocycles. The van der Waals surface area contributed by atoms with Gasteiger partial charge in [-0.05, 0) is 53.6 Å². The Morgan fingerprint density at radius 2 is 1.63 bits per heavy atom. The number of para-hydroxylation sites is 1. The fraction of sp³-hybridized carbons (Fsp3) is 0.296. The van der Waals surface area contributed by atoms with Gasteiger partial charge < -0.3 is 19.9 Å². The first-order valence-electron chi connectivity index (χ1n) is 11.7. The van der Waals surface area contributed by atoms with E-state index in [1.165, 1.54) is 0 Å². The first-order chi connectivity index (χ1) is 16.9. The van der Waals surface area contributed by atoms with Gasteiger partial charge in [0, 0.05) is 31.9 Å². The van der Waals surface area contributed by atoms with E-state index in [9.17, 15) is 14.4 Å². The van der Waals surface area contributed by atoms with Gasteiger partial charge in [0.25, 0.3) is 5.91 Å². The number of hydrogen-bond acceptors (Lipinski definition) is 5. The number of imide groups is 1. The SMILES string of the molecule is COc1ccc2cc([C@@]3(C)NC(=O)N(CC(=O)N4CCN(c5ccccc5)CC4)C3=O)ccc2c1. The predicted octanol–water partition coefficient (Wildman–Crippen LogP) is 2.96. The second-order valence-corrected chi connectivity index (χ2v) is 9.08. The molecule has 5 rings (SSSR count). The molecular weight excluding hydrogens is 444 g/mol. The molecule has 2 saturated heterocycles. The zero-order chi connectivity index (χ0) is 24.6. The minimum Gasteiger partial charge on any atom is -0.497 e. The molecule has 8 heteroatoms. The highest BCUT2D eigenvalue weighted by molar-refractivity contribution is 6.09. The molecule has 0 aliphatic carbocycles. The van der Waals surface area contributed by atoms with Gasteiger partial charge in [-0.3, -0.25) is 14.5 Å². The molecule has 0 saturated carbocycles. The van der Waals surface area contributed by atoms with Crippen LogP contribution in [0.4, 0.5) is 10.5 Å². The molecule has 2 aliphatic rings. The average molecular weight is 473 g/mol. The number of methoxy groups -OCH3 is 1. The number of nitrogens with one attached hydrogen (secondary N) is 1. The van der Waals surface area contributed by atoms with E-state index in [0.29, 0.717) is 31.7 Å². The Morgan fingerprint density at radius 3 is 2.34 bits per heavy atom. The molecule has 2 fully saturated rings. The number of anilines is 1. The van der Waals surface area contributed by atoms with Crippen molar-refractivity contribution in [3.63, 3.8) is 0 Å². The molecule has 3 aromatic carbocycles. The molecular formula is C27H28N4O4. The van der Waals surface area contributed by atoms with Crippen molar-refractivity contribution in [3.8, 4) is 5.75 Å². The van der Waals surface area contributed by atoms with E-state index in [1.54, 1.807) is 18.9 Å². The van der Waals surface area contributed by atoms with Crippen LogP contribution in [0.2, 0.25) is 0 Å². The molecule has 0 aromatic heterocycles. The molecule has 4 amide bonds. The van der Waals surface area contributed by atoms with Gasteiger partial charge in [0.1, 0.15) is 17.8 Å². The van der Waals surface area contributed by atoms with Crippen molar-refractivity contribution in [1.82, 2.24) is 15.1 Å². The maximum atomic E-state index is 13.4. The van der Waals surface area contributed by atoms with Crippen molar-refractivity contribution in [2.45, 2.75) is 12.5 Å². The van der Waals surface area contributed by atoms with Crippen molar-refractivity contribution < 1.29 is 19.1 Å². The van der Waals surface area contributed by atoms with E-state index < -0.39 is 17.5 Å². The van der Waals surface area contributed by atoms with Crippen LogP contribution in [0.5, 0.6) is 5.75 Å². The number of hydrogen-bond donors (Lipinski definition) is 1. The van der Waals surface area contributed by atoms with Crippen LogP contribution in [0, 0.1) is 0 Å². The van der Waals surface area contributed by atoms with Crippen molar-refractivity contribution in [2.24, 2.45) is 0 Å². The van der Waals surface area contributed by atoms with Crippen LogP contribution in [0.15, 0.2) is 66.7 Å².